The van der Waals surface area contributed by atoms with E-state index in [1.807, 2.05) is 46.4 Å². The average molecular weight is 364 g/mol. The molecule has 0 amide bonds. The minimum atomic E-state index is -0.433. The van der Waals surface area contributed by atoms with Crippen molar-refractivity contribution < 1.29 is 4.92 Å². The van der Waals surface area contributed by atoms with Gasteiger partial charge in [-0.05, 0) is 5.56 Å². The van der Waals surface area contributed by atoms with E-state index < -0.39 is 4.92 Å². The largest absolute Gasteiger partial charge is 0.311 e. The Morgan fingerprint density at radius 2 is 2.00 bits per heavy atom. The monoisotopic (exact) mass is 364 g/mol. The fourth-order valence-electron chi connectivity index (χ4n) is 2.42. The molecule has 2 aromatic carbocycles. The van der Waals surface area contributed by atoms with Crippen LogP contribution < -0.4 is 4.80 Å². The first kappa shape index (κ1) is 17.5. The van der Waals surface area contributed by atoms with Gasteiger partial charge in [0.25, 0.3) is 5.69 Å². The van der Waals surface area contributed by atoms with Gasteiger partial charge in [-0.15, -0.1) is 23.0 Å². The SMILES string of the molecule is C=CCn1c(-c2ccccc2)cs/c1=N\N=C/c1cccc([N+](=O)[O-])c1. The zero-order chi connectivity index (χ0) is 18.4. The maximum absolute atomic E-state index is 10.8. The Kier molecular flexibility index (Phi) is 5.50. The van der Waals surface area contributed by atoms with Crippen LogP contribution in [0.5, 0.6) is 0 Å². The maximum Gasteiger partial charge on any atom is 0.270 e. The number of hydrogen-bond donors (Lipinski definition) is 0. The number of nitro benzene ring substituents is 1. The molecule has 7 heteroatoms. The standard InChI is InChI=1S/C19H16N4O2S/c1-2-11-22-18(16-8-4-3-5-9-16)14-26-19(22)21-20-13-15-7-6-10-17(12-15)23(24)25/h2-10,12-14H,1,11H2/b20-13-,21-19-. The minimum Gasteiger partial charge on any atom is -0.311 e. The van der Waals surface area contributed by atoms with E-state index in [2.05, 4.69) is 16.8 Å². The molecule has 3 rings (SSSR count). The van der Waals surface area contributed by atoms with Crippen LogP contribution in [0, 0.1) is 10.1 Å². The van der Waals surface area contributed by atoms with Crippen LogP contribution in [-0.2, 0) is 6.54 Å². The molecule has 0 radical (unpaired) electrons. The minimum absolute atomic E-state index is 0.0261. The molecule has 0 N–H and O–H groups in total. The Balaban J connectivity index is 1.94. The van der Waals surface area contributed by atoms with Crippen LogP contribution in [0.4, 0.5) is 5.69 Å². The summed E-state index contributed by atoms with van der Waals surface area (Å²) in [5.74, 6) is 0. The van der Waals surface area contributed by atoms with E-state index in [0.717, 1.165) is 16.1 Å². The van der Waals surface area contributed by atoms with Crippen molar-refractivity contribution in [3.05, 3.63) is 93.1 Å². The fourth-order valence-corrected chi connectivity index (χ4v) is 3.29. The fraction of sp³-hybridized carbons (Fsp3) is 0.0526. The van der Waals surface area contributed by atoms with Gasteiger partial charge in [-0.25, -0.2) is 0 Å². The van der Waals surface area contributed by atoms with Crippen LogP contribution in [0.1, 0.15) is 5.56 Å². The number of benzene rings is 2. The van der Waals surface area contributed by atoms with Crippen LogP contribution in [0.3, 0.4) is 0 Å². The van der Waals surface area contributed by atoms with Gasteiger partial charge in [0.1, 0.15) is 0 Å². The summed E-state index contributed by atoms with van der Waals surface area (Å²) >= 11 is 1.48. The summed E-state index contributed by atoms with van der Waals surface area (Å²) in [6.07, 6.45) is 3.32. The lowest BCUT2D eigenvalue weighted by Crippen LogP contribution is -2.14. The van der Waals surface area contributed by atoms with Crippen LogP contribution in [0.15, 0.2) is 82.8 Å². The third kappa shape index (κ3) is 4.01. The normalized spacial score (nSPS) is 11.8. The number of hydrogen-bond acceptors (Lipinski definition) is 5. The Labute approximate surface area is 154 Å². The molecule has 0 spiro atoms. The number of nitro groups is 1. The molecule has 0 aliphatic carbocycles. The first-order valence-corrected chi connectivity index (χ1v) is 8.73. The molecule has 1 aromatic heterocycles. The number of allylic oxidation sites excluding steroid dienone is 1. The zero-order valence-electron chi connectivity index (χ0n) is 13.9. The van der Waals surface area contributed by atoms with Crippen molar-refractivity contribution in [1.29, 1.82) is 0 Å². The van der Waals surface area contributed by atoms with Gasteiger partial charge in [0.15, 0.2) is 0 Å². The molecule has 0 aliphatic rings. The van der Waals surface area contributed by atoms with E-state index >= 15 is 0 Å². The first-order valence-electron chi connectivity index (χ1n) is 7.85. The smallest absolute Gasteiger partial charge is 0.270 e. The maximum atomic E-state index is 10.8. The predicted molar refractivity (Wildman–Crippen MR) is 104 cm³/mol. The van der Waals surface area contributed by atoms with Crippen LogP contribution in [-0.4, -0.2) is 15.7 Å². The molecule has 0 saturated heterocycles. The van der Waals surface area contributed by atoms with E-state index in [1.165, 1.54) is 29.7 Å². The highest BCUT2D eigenvalue weighted by Crippen LogP contribution is 2.19. The highest BCUT2D eigenvalue weighted by Gasteiger charge is 2.06. The van der Waals surface area contributed by atoms with E-state index in [1.54, 1.807) is 12.1 Å². The van der Waals surface area contributed by atoms with Gasteiger partial charge < -0.3 is 4.57 Å². The summed E-state index contributed by atoms with van der Waals surface area (Å²) < 4.78 is 2.03. The second kappa shape index (κ2) is 8.17. The third-order valence-corrected chi connectivity index (χ3v) is 4.46. The summed E-state index contributed by atoms with van der Waals surface area (Å²) in [6, 6.07) is 16.3. The number of aromatic nitrogens is 1. The van der Waals surface area contributed by atoms with E-state index in [-0.39, 0.29) is 5.69 Å². The van der Waals surface area contributed by atoms with Crippen molar-refractivity contribution in [3.63, 3.8) is 0 Å². The molecule has 26 heavy (non-hydrogen) atoms. The van der Waals surface area contributed by atoms with Gasteiger partial charge in [-0.1, -0.05) is 48.5 Å². The molecule has 0 fully saturated rings. The van der Waals surface area contributed by atoms with Gasteiger partial charge in [0, 0.05) is 29.6 Å². The van der Waals surface area contributed by atoms with Crippen molar-refractivity contribution in [3.8, 4) is 11.3 Å². The number of nitrogens with zero attached hydrogens (tertiary/aromatic N) is 4. The van der Waals surface area contributed by atoms with Crippen molar-refractivity contribution in [2.45, 2.75) is 6.54 Å². The molecule has 0 bridgehead atoms. The Bertz CT molecular complexity index is 1020. The van der Waals surface area contributed by atoms with E-state index in [4.69, 9.17) is 0 Å². The summed E-state index contributed by atoms with van der Waals surface area (Å²) in [5, 5.41) is 21.2. The summed E-state index contributed by atoms with van der Waals surface area (Å²) in [5.41, 5.74) is 2.78. The second-order valence-corrected chi connectivity index (χ2v) is 6.20. The van der Waals surface area contributed by atoms with Gasteiger partial charge in [-0.2, -0.15) is 5.10 Å². The van der Waals surface area contributed by atoms with Gasteiger partial charge >= 0.3 is 0 Å². The average Bonchev–Trinajstić information content (AvgIpc) is 3.06. The Morgan fingerprint density at radius 1 is 1.19 bits per heavy atom. The lowest BCUT2D eigenvalue weighted by molar-refractivity contribution is -0.384. The lowest BCUT2D eigenvalue weighted by atomic mass is 10.2. The van der Waals surface area contributed by atoms with Crippen LogP contribution in [0.2, 0.25) is 0 Å². The van der Waals surface area contributed by atoms with Gasteiger partial charge in [0.2, 0.25) is 4.80 Å². The molecular weight excluding hydrogens is 348 g/mol. The molecule has 6 nitrogen and oxygen atoms in total. The first-order chi connectivity index (χ1) is 12.7. The third-order valence-electron chi connectivity index (χ3n) is 3.61. The van der Waals surface area contributed by atoms with Crippen molar-refractivity contribution in [2.75, 3.05) is 0 Å². The molecular formula is C19H16N4O2S. The number of rotatable bonds is 6. The Hall–Kier alpha value is -3.32. The molecule has 0 saturated carbocycles. The van der Waals surface area contributed by atoms with Crippen molar-refractivity contribution >= 4 is 23.2 Å². The van der Waals surface area contributed by atoms with Crippen molar-refractivity contribution in [2.24, 2.45) is 10.2 Å². The molecule has 0 atom stereocenters. The van der Waals surface area contributed by atoms with E-state index in [9.17, 15) is 10.1 Å². The van der Waals surface area contributed by atoms with Crippen LogP contribution in [0.25, 0.3) is 11.3 Å². The molecule has 0 unspecified atom stereocenters. The molecule has 3 aromatic rings. The Morgan fingerprint density at radius 3 is 2.73 bits per heavy atom. The number of non-ortho nitro benzene ring substituents is 1. The molecule has 0 aliphatic heterocycles. The summed E-state index contributed by atoms with van der Waals surface area (Å²) in [6.45, 7) is 4.42. The van der Waals surface area contributed by atoms with Gasteiger partial charge in [0.05, 0.1) is 16.8 Å². The molecule has 1 heterocycles. The second-order valence-electron chi connectivity index (χ2n) is 5.37. The highest BCUT2D eigenvalue weighted by molar-refractivity contribution is 7.07. The number of thiazole rings is 1. The van der Waals surface area contributed by atoms with Crippen molar-refractivity contribution in [1.82, 2.24) is 4.57 Å². The molecule has 130 valence electrons. The predicted octanol–water partition coefficient (Wildman–Crippen LogP) is 4.25. The van der Waals surface area contributed by atoms with Crippen LogP contribution >= 0.6 is 11.3 Å². The summed E-state index contributed by atoms with van der Waals surface area (Å²) in [7, 11) is 0. The quantitative estimate of drug-likeness (QED) is 0.284. The van der Waals surface area contributed by atoms with E-state index in [0.29, 0.717) is 12.1 Å². The highest BCUT2D eigenvalue weighted by atomic mass is 32.1. The topological polar surface area (TPSA) is 72.8 Å². The lowest BCUT2D eigenvalue weighted by Gasteiger charge is -2.05. The zero-order valence-corrected chi connectivity index (χ0v) is 14.7. The summed E-state index contributed by atoms with van der Waals surface area (Å²) in [4.78, 5) is 11.1. The van der Waals surface area contributed by atoms with Gasteiger partial charge in [-0.3, -0.25) is 10.1 Å².